The van der Waals surface area contributed by atoms with Crippen molar-refractivity contribution in [3.63, 3.8) is 0 Å². The van der Waals surface area contributed by atoms with Gasteiger partial charge in [0.2, 0.25) is 0 Å². The summed E-state index contributed by atoms with van der Waals surface area (Å²) in [5, 5.41) is 27.0. The van der Waals surface area contributed by atoms with E-state index in [9.17, 15) is 13.9 Å². The van der Waals surface area contributed by atoms with Crippen molar-refractivity contribution in [3.05, 3.63) is 95.1 Å². The predicted octanol–water partition coefficient (Wildman–Crippen LogP) is 4.01. The quantitative estimate of drug-likeness (QED) is 0.435. The minimum atomic E-state index is -1.97. The smallest absolute Gasteiger partial charge is 0.138 e. The van der Waals surface area contributed by atoms with Crippen LogP contribution in [0.25, 0.3) is 0 Å². The lowest BCUT2D eigenvalue weighted by molar-refractivity contribution is -0.0128. The van der Waals surface area contributed by atoms with Gasteiger partial charge in [-0.1, -0.05) is 51.1 Å². The van der Waals surface area contributed by atoms with Crippen molar-refractivity contribution >= 4 is 0 Å². The molecule has 0 unspecified atom stereocenters. The lowest BCUT2D eigenvalue weighted by Gasteiger charge is -2.33. The van der Waals surface area contributed by atoms with E-state index in [2.05, 4.69) is 34.5 Å². The van der Waals surface area contributed by atoms with E-state index in [0.717, 1.165) is 11.6 Å². The zero-order valence-electron chi connectivity index (χ0n) is 20.5. The van der Waals surface area contributed by atoms with Crippen molar-refractivity contribution in [1.29, 1.82) is 0 Å². The summed E-state index contributed by atoms with van der Waals surface area (Å²) >= 11 is 0. The molecule has 4 aromatic rings. The summed E-state index contributed by atoms with van der Waals surface area (Å²) in [6.07, 6.45) is 2.75. The van der Waals surface area contributed by atoms with Gasteiger partial charge in [0.15, 0.2) is 0 Å². The Bertz CT molecular complexity index is 1290. The fraction of sp³-hybridized carbons (Fsp3) is 0.333. The van der Waals surface area contributed by atoms with Crippen LogP contribution in [0.5, 0.6) is 0 Å². The van der Waals surface area contributed by atoms with E-state index in [1.807, 2.05) is 12.1 Å². The van der Waals surface area contributed by atoms with Gasteiger partial charge in [-0.05, 0) is 39.6 Å². The summed E-state index contributed by atoms with van der Waals surface area (Å²) in [4.78, 5) is 0. The highest BCUT2D eigenvalue weighted by Crippen LogP contribution is 2.39. The van der Waals surface area contributed by atoms with E-state index >= 15 is 0 Å². The number of aromatic nitrogens is 6. The third-order valence-corrected chi connectivity index (χ3v) is 5.78. The van der Waals surface area contributed by atoms with Gasteiger partial charge in [0.25, 0.3) is 0 Å². The second-order valence-electron chi connectivity index (χ2n) is 8.35. The van der Waals surface area contributed by atoms with Crippen LogP contribution >= 0.6 is 0 Å². The second-order valence-corrected chi connectivity index (χ2v) is 8.35. The summed E-state index contributed by atoms with van der Waals surface area (Å²) in [7, 11) is 0. The molecule has 0 bridgehead atoms. The first-order valence-electron chi connectivity index (χ1n) is 11.6. The Hall–Kier alpha value is -3.46. The van der Waals surface area contributed by atoms with Crippen LogP contribution in [0.1, 0.15) is 57.7 Å². The van der Waals surface area contributed by atoms with Gasteiger partial charge in [0.05, 0.1) is 21.5 Å². The fourth-order valence-corrected chi connectivity index (χ4v) is 3.75. The zero-order chi connectivity index (χ0) is 25.4. The van der Waals surface area contributed by atoms with E-state index < -0.39 is 29.7 Å². The van der Waals surface area contributed by atoms with Crippen molar-refractivity contribution in [1.82, 2.24) is 30.0 Å². The number of tetrazole rings is 1. The number of halogens is 2. The molecule has 1 N–H and O–H groups in total. The molecule has 0 aliphatic heterocycles. The number of nitrogens with zero attached hydrogens (tertiary/aromatic N) is 6. The van der Waals surface area contributed by atoms with Gasteiger partial charge in [-0.2, -0.15) is 5.10 Å². The number of hydrogen-bond donors (Lipinski definition) is 1. The van der Waals surface area contributed by atoms with Crippen LogP contribution in [0.3, 0.4) is 0 Å². The lowest BCUT2D eigenvalue weighted by Crippen LogP contribution is -2.38. The van der Waals surface area contributed by atoms with E-state index in [0.29, 0.717) is 23.2 Å². The van der Waals surface area contributed by atoms with E-state index in [4.69, 9.17) is 2.74 Å². The average Bonchev–Trinajstić information content (AvgIpc) is 3.51. The minimum absolute atomic E-state index is 0.149. The molecule has 0 saturated carbocycles. The Morgan fingerprint density at radius 2 is 1.82 bits per heavy atom. The Morgan fingerprint density at radius 3 is 2.45 bits per heavy atom. The third-order valence-electron chi connectivity index (χ3n) is 5.78. The molecule has 0 aliphatic carbocycles. The molecule has 0 fully saturated rings. The maximum Gasteiger partial charge on any atom is 0.138 e. The van der Waals surface area contributed by atoms with Crippen LogP contribution in [0.2, 0.25) is 0 Å². The zero-order valence-corrected chi connectivity index (χ0v) is 18.5. The van der Waals surface area contributed by atoms with Gasteiger partial charge in [-0.25, -0.2) is 13.5 Å². The van der Waals surface area contributed by atoms with Crippen molar-refractivity contribution in [2.24, 2.45) is 0 Å². The largest absolute Gasteiger partial charge is 0.382 e. The number of benzene rings is 2. The lowest BCUT2D eigenvalue weighted by atomic mass is 9.80. The van der Waals surface area contributed by atoms with Gasteiger partial charge in [0, 0.05) is 23.7 Å². The highest BCUT2D eigenvalue weighted by molar-refractivity contribution is 5.30. The molecule has 9 heteroatoms. The molecular formula is C24H26F2N6O. The molecule has 0 aliphatic rings. The monoisotopic (exact) mass is 454 g/mol. The molecule has 2 atom stereocenters. The first-order valence-corrected chi connectivity index (χ1v) is 10.6. The number of hydrogen-bond acceptors (Lipinski definition) is 5. The molecule has 0 amide bonds. The Morgan fingerprint density at radius 1 is 1.06 bits per heavy atom. The van der Waals surface area contributed by atoms with Gasteiger partial charge >= 0.3 is 0 Å². The van der Waals surface area contributed by atoms with Crippen LogP contribution in [0.15, 0.2) is 61.1 Å². The van der Waals surface area contributed by atoms with Crippen LogP contribution in [-0.4, -0.2) is 35.1 Å². The summed E-state index contributed by atoms with van der Waals surface area (Å²) < 4.78 is 48.1. The first kappa shape index (κ1) is 20.2. The normalized spacial score (nSPS) is 15.7. The molecule has 0 spiro atoms. The maximum absolute atomic E-state index is 14.8. The Balaban J connectivity index is 1.70. The van der Waals surface area contributed by atoms with E-state index in [1.54, 1.807) is 25.1 Å². The summed E-state index contributed by atoms with van der Waals surface area (Å²) in [5.41, 5.74) is -0.250. The maximum atomic E-state index is 14.8. The summed E-state index contributed by atoms with van der Waals surface area (Å²) in [6, 6.07) is 11.7. The highest BCUT2D eigenvalue weighted by atomic mass is 19.1. The van der Waals surface area contributed by atoms with Crippen molar-refractivity contribution in [2.75, 3.05) is 0 Å². The summed E-state index contributed by atoms with van der Waals surface area (Å²) in [6.45, 7) is 3.55. The highest BCUT2D eigenvalue weighted by Gasteiger charge is 2.41. The molecule has 0 saturated heterocycles. The van der Waals surface area contributed by atoms with Crippen molar-refractivity contribution in [2.45, 2.75) is 51.2 Å². The molecule has 2 aromatic carbocycles. The van der Waals surface area contributed by atoms with Crippen molar-refractivity contribution in [3.8, 4) is 0 Å². The predicted molar refractivity (Wildman–Crippen MR) is 118 cm³/mol. The Labute approximate surface area is 193 Å². The van der Waals surface area contributed by atoms with Gasteiger partial charge < -0.3 is 5.11 Å². The first-order chi connectivity index (χ1) is 16.5. The second kappa shape index (κ2) is 9.19. The van der Waals surface area contributed by atoms with Gasteiger partial charge in [0.1, 0.15) is 23.6 Å². The molecule has 2 heterocycles. The van der Waals surface area contributed by atoms with Crippen LogP contribution in [0.4, 0.5) is 8.78 Å². The molecule has 172 valence electrons. The minimum Gasteiger partial charge on any atom is -0.382 e. The SMILES string of the molecule is [2H]C([2H])(c1ccc(C(C)C)cc1)n1ccc([C@H](C)[C@](O)(Cn2cnnn2)c2ccc(F)cc2F)n1. The van der Waals surface area contributed by atoms with E-state index in [-0.39, 0.29) is 12.1 Å². The topological polar surface area (TPSA) is 81.7 Å². The number of rotatable bonds is 8. The standard InChI is InChI=1S/C24H26F2N6O/c1-16(2)19-6-4-18(5-7-19)13-31-11-10-23(28-31)17(3)24(33,14-32-15-27-29-30-32)21-9-8-20(25)12-22(21)26/h4-12,15-17,33H,13-14H2,1-3H3/t17-,24+/m0/s1/i13D2. The summed E-state index contributed by atoms with van der Waals surface area (Å²) in [5.74, 6) is -2.22. The van der Waals surface area contributed by atoms with Crippen molar-refractivity contribution < 1.29 is 16.6 Å². The van der Waals surface area contributed by atoms with Gasteiger partial charge in [-0.3, -0.25) is 4.68 Å². The van der Waals surface area contributed by atoms with E-state index in [1.165, 1.54) is 28.0 Å². The van der Waals surface area contributed by atoms with Crippen LogP contribution in [0, 0.1) is 11.6 Å². The molecule has 4 rings (SSSR count). The van der Waals surface area contributed by atoms with Gasteiger partial charge in [-0.15, -0.1) is 5.10 Å². The molecular weight excluding hydrogens is 426 g/mol. The molecule has 0 radical (unpaired) electrons. The van der Waals surface area contributed by atoms with Crippen LogP contribution in [-0.2, 0) is 18.6 Å². The molecule has 33 heavy (non-hydrogen) atoms. The molecule has 7 nitrogen and oxygen atoms in total. The Kier molecular flexibility index (Phi) is 5.61. The fourth-order valence-electron chi connectivity index (χ4n) is 3.75. The molecule has 2 aromatic heterocycles. The van der Waals surface area contributed by atoms with Crippen LogP contribution < -0.4 is 0 Å². The third kappa shape index (κ3) is 4.83. The average molecular weight is 455 g/mol. The number of aliphatic hydroxyl groups is 1.